The second-order valence-electron chi connectivity index (χ2n) is 8.68. The molecule has 4 nitrogen and oxygen atoms in total. The first-order valence-electron chi connectivity index (χ1n) is 9.46. The first-order chi connectivity index (χ1) is 11.0. The van der Waals surface area contributed by atoms with Crippen LogP contribution in [0.15, 0.2) is 0 Å². The Kier molecular flexibility index (Phi) is 10.3. The lowest BCUT2D eigenvalue weighted by molar-refractivity contribution is -0.148. The molecular weight excluding hydrogens is 304 g/mol. The maximum Gasteiger partial charge on any atom is 0.309 e. The minimum atomic E-state index is -0.707. The summed E-state index contributed by atoms with van der Waals surface area (Å²) in [6.45, 7) is 9.46. The largest absolute Gasteiger partial charge is 0.481 e. The van der Waals surface area contributed by atoms with Crippen LogP contribution in [0.2, 0.25) is 0 Å². The highest BCUT2D eigenvalue weighted by Gasteiger charge is 2.26. The third-order valence-electron chi connectivity index (χ3n) is 5.16. The van der Waals surface area contributed by atoms with E-state index in [0.29, 0.717) is 5.92 Å². The summed E-state index contributed by atoms with van der Waals surface area (Å²) in [5, 5.41) is 18.1. The van der Waals surface area contributed by atoms with Gasteiger partial charge < -0.3 is 10.2 Å². The molecule has 0 aromatic carbocycles. The van der Waals surface area contributed by atoms with Gasteiger partial charge in [-0.3, -0.25) is 9.59 Å². The van der Waals surface area contributed by atoms with E-state index in [9.17, 15) is 9.59 Å². The van der Waals surface area contributed by atoms with Crippen molar-refractivity contribution >= 4 is 11.9 Å². The van der Waals surface area contributed by atoms with E-state index in [2.05, 4.69) is 6.92 Å². The van der Waals surface area contributed by atoms with E-state index >= 15 is 0 Å². The molecule has 0 aliphatic rings. The summed E-state index contributed by atoms with van der Waals surface area (Å²) in [4.78, 5) is 22.1. The number of carbonyl (C=O) groups is 2. The molecule has 0 heterocycles. The molecule has 0 spiro atoms. The van der Waals surface area contributed by atoms with Crippen LogP contribution in [0.3, 0.4) is 0 Å². The van der Waals surface area contributed by atoms with E-state index in [-0.39, 0.29) is 0 Å². The number of carboxylic acid groups (broad SMARTS) is 2. The second-order valence-corrected chi connectivity index (χ2v) is 8.68. The van der Waals surface area contributed by atoms with Crippen molar-refractivity contribution in [3.05, 3.63) is 0 Å². The van der Waals surface area contributed by atoms with Crippen molar-refractivity contribution in [2.24, 2.45) is 16.7 Å². The lowest BCUT2D eigenvalue weighted by atomic mass is 9.86. The fraction of sp³-hybridized carbons (Fsp3) is 0.900. The predicted molar refractivity (Wildman–Crippen MR) is 98.2 cm³/mol. The van der Waals surface area contributed by atoms with Gasteiger partial charge in [-0.2, -0.15) is 0 Å². The van der Waals surface area contributed by atoms with Gasteiger partial charge in [0.2, 0.25) is 0 Å². The first kappa shape index (κ1) is 22.9. The fourth-order valence-electron chi connectivity index (χ4n) is 2.83. The van der Waals surface area contributed by atoms with Gasteiger partial charge in [0.05, 0.1) is 10.8 Å². The van der Waals surface area contributed by atoms with E-state index in [1.807, 2.05) is 0 Å². The summed E-state index contributed by atoms with van der Waals surface area (Å²) >= 11 is 0. The monoisotopic (exact) mass is 342 g/mol. The average Bonchev–Trinajstić information content (AvgIpc) is 2.45. The molecular formula is C20H38O4. The van der Waals surface area contributed by atoms with E-state index in [1.54, 1.807) is 27.7 Å². The molecule has 4 heteroatoms. The topological polar surface area (TPSA) is 74.6 Å². The third-order valence-corrected chi connectivity index (χ3v) is 5.16. The highest BCUT2D eigenvalue weighted by Crippen LogP contribution is 2.26. The van der Waals surface area contributed by atoms with Crippen LogP contribution in [0.25, 0.3) is 0 Å². The van der Waals surface area contributed by atoms with Gasteiger partial charge in [0.15, 0.2) is 0 Å². The Labute approximate surface area is 148 Å². The molecule has 0 aromatic rings. The molecule has 0 rings (SSSR count). The lowest BCUT2D eigenvalue weighted by Crippen LogP contribution is -2.23. The molecule has 0 atom stereocenters. The third kappa shape index (κ3) is 9.94. The Morgan fingerprint density at radius 3 is 1.33 bits per heavy atom. The molecule has 0 fully saturated rings. The molecule has 0 aliphatic heterocycles. The molecule has 0 saturated heterocycles. The van der Waals surface area contributed by atoms with Gasteiger partial charge in [0, 0.05) is 0 Å². The van der Waals surface area contributed by atoms with E-state index < -0.39 is 22.8 Å². The van der Waals surface area contributed by atoms with Gasteiger partial charge in [-0.05, 0) is 46.5 Å². The van der Waals surface area contributed by atoms with Crippen molar-refractivity contribution < 1.29 is 19.8 Å². The van der Waals surface area contributed by atoms with Crippen LogP contribution < -0.4 is 0 Å². The Balaban J connectivity index is 3.63. The van der Waals surface area contributed by atoms with Crippen LogP contribution in [-0.2, 0) is 9.59 Å². The highest BCUT2D eigenvalue weighted by atomic mass is 16.4. The van der Waals surface area contributed by atoms with Gasteiger partial charge >= 0.3 is 11.9 Å². The van der Waals surface area contributed by atoms with Gasteiger partial charge in [-0.25, -0.2) is 0 Å². The Morgan fingerprint density at radius 2 is 1.04 bits per heavy atom. The SMILES string of the molecule is CC(CCCCCC(C)(C)C(=O)O)CCCCCC(C)(C)C(=O)O. The average molecular weight is 343 g/mol. The zero-order valence-electron chi connectivity index (χ0n) is 16.4. The van der Waals surface area contributed by atoms with Crippen LogP contribution in [0, 0.1) is 16.7 Å². The number of hydrogen-bond acceptors (Lipinski definition) is 2. The number of hydrogen-bond donors (Lipinski definition) is 2. The Hall–Kier alpha value is -1.06. The molecule has 142 valence electrons. The molecule has 0 saturated carbocycles. The van der Waals surface area contributed by atoms with Crippen molar-refractivity contribution in [3.63, 3.8) is 0 Å². The molecule has 0 aromatic heterocycles. The zero-order chi connectivity index (χ0) is 18.8. The molecule has 0 unspecified atom stereocenters. The van der Waals surface area contributed by atoms with E-state index in [0.717, 1.165) is 38.5 Å². The Morgan fingerprint density at radius 1 is 0.708 bits per heavy atom. The molecule has 24 heavy (non-hydrogen) atoms. The molecule has 2 N–H and O–H groups in total. The fourth-order valence-corrected chi connectivity index (χ4v) is 2.83. The van der Waals surface area contributed by atoms with Crippen molar-refractivity contribution in [1.29, 1.82) is 0 Å². The number of carboxylic acids is 2. The van der Waals surface area contributed by atoms with Crippen LogP contribution in [-0.4, -0.2) is 22.2 Å². The maximum atomic E-state index is 11.0. The summed E-state index contributed by atoms with van der Waals surface area (Å²) in [5.41, 5.74) is -1.20. The van der Waals surface area contributed by atoms with Gasteiger partial charge in [-0.1, -0.05) is 58.3 Å². The van der Waals surface area contributed by atoms with Crippen molar-refractivity contribution in [1.82, 2.24) is 0 Å². The van der Waals surface area contributed by atoms with Crippen molar-refractivity contribution in [2.75, 3.05) is 0 Å². The minimum absolute atomic E-state index is 0.602. The van der Waals surface area contributed by atoms with Crippen molar-refractivity contribution in [2.45, 2.75) is 98.8 Å². The van der Waals surface area contributed by atoms with Crippen molar-refractivity contribution in [3.8, 4) is 0 Å². The summed E-state index contributed by atoms with van der Waals surface area (Å²) in [6.07, 6.45) is 10.4. The van der Waals surface area contributed by atoms with Crippen LogP contribution in [0.4, 0.5) is 0 Å². The van der Waals surface area contributed by atoms with Crippen LogP contribution in [0.1, 0.15) is 98.8 Å². The van der Waals surface area contributed by atoms with Gasteiger partial charge in [-0.15, -0.1) is 0 Å². The maximum absolute atomic E-state index is 11.0. The number of unbranched alkanes of at least 4 members (excludes halogenated alkanes) is 4. The normalized spacial score (nSPS) is 12.6. The number of aliphatic carboxylic acids is 2. The van der Waals surface area contributed by atoms with E-state index in [4.69, 9.17) is 10.2 Å². The van der Waals surface area contributed by atoms with Crippen LogP contribution >= 0.6 is 0 Å². The van der Waals surface area contributed by atoms with Gasteiger partial charge in [0.1, 0.15) is 0 Å². The highest BCUT2D eigenvalue weighted by molar-refractivity contribution is 5.73. The first-order valence-corrected chi connectivity index (χ1v) is 9.46. The molecule has 0 aliphatic carbocycles. The quantitative estimate of drug-likeness (QED) is 0.394. The number of rotatable bonds is 14. The summed E-state index contributed by atoms with van der Waals surface area (Å²) < 4.78 is 0. The minimum Gasteiger partial charge on any atom is -0.481 e. The predicted octanol–water partition coefficient (Wildman–Crippen LogP) is 5.75. The Bertz CT molecular complexity index is 349. The van der Waals surface area contributed by atoms with E-state index in [1.165, 1.54) is 25.7 Å². The summed E-state index contributed by atoms with van der Waals surface area (Å²) in [6, 6.07) is 0. The summed E-state index contributed by atoms with van der Waals surface area (Å²) in [7, 11) is 0. The molecule has 0 bridgehead atoms. The second kappa shape index (κ2) is 10.7. The molecule has 0 radical (unpaired) electrons. The lowest BCUT2D eigenvalue weighted by Gasteiger charge is -2.19. The molecule has 0 amide bonds. The zero-order valence-corrected chi connectivity index (χ0v) is 16.4. The standard InChI is InChI=1S/C20H38O4/c1-16(12-8-6-10-14-19(2,3)17(21)22)13-9-7-11-15-20(4,5)18(23)24/h16H,6-15H2,1-5H3,(H,21,22)(H,23,24). The van der Waals surface area contributed by atoms with Crippen LogP contribution in [0.5, 0.6) is 0 Å². The smallest absolute Gasteiger partial charge is 0.309 e. The van der Waals surface area contributed by atoms with Gasteiger partial charge in [0.25, 0.3) is 0 Å². The summed E-state index contributed by atoms with van der Waals surface area (Å²) in [5.74, 6) is -0.714.